The van der Waals surface area contributed by atoms with Crippen LogP contribution in [0.15, 0.2) is 84.3 Å². The van der Waals surface area contributed by atoms with Gasteiger partial charge in [0.1, 0.15) is 22.9 Å². The van der Waals surface area contributed by atoms with Crippen molar-refractivity contribution >= 4 is 16.9 Å². The van der Waals surface area contributed by atoms with E-state index in [0.29, 0.717) is 18.1 Å². The quantitative estimate of drug-likeness (QED) is 0.423. The summed E-state index contributed by atoms with van der Waals surface area (Å²) in [6.07, 6.45) is 3.90. The minimum atomic E-state index is -0.176. The molecule has 5 rings (SSSR count). The van der Waals surface area contributed by atoms with Crippen molar-refractivity contribution in [2.45, 2.75) is 26.4 Å². The van der Waals surface area contributed by atoms with Crippen LogP contribution in [0.3, 0.4) is 0 Å². The second kappa shape index (κ2) is 9.13. The Bertz CT molecular complexity index is 1130. The van der Waals surface area contributed by atoms with Gasteiger partial charge in [0.2, 0.25) is 5.90 Å². The molecule has 1 aliphatic heterocycles. The summed E-state index contributed by atoms with van der Waals surface area (Å²) in [5, 5.41) is 5.06. The number of aromatic amines is 1. The van der Waals surface area contributed by atoms with Crippen molar-refractivity contribution in [3.05, 3.63) is 84.7 Å². The van der Waals surface area contributed by atoms with Gasteiger partial charge in [0.25, 0.3) is 0 Å². The molecule has 0 fully saturated rings. The van der Waals surface area contributed by atoms with Gasteiger partial charge in [-0.15, -0.1) is 0 Å². The first-order chi connectivity index (χ1) is 14.8. The number of fused-ring (bicyclic) bond motifs is 1. The van der Waals surface area contributed by atoms with Crippen LogP contribution in [0.4, 0.5) is 0 Å². The van der Waals surface area contributed by atoms with E-state index < -0.39 is 0 Å². The summed E-state index contributed by atoms with van der Waals surface area (Å²) >= 11 is 0. The third-order valence-corrected chi connectivity index (χ3v) is 4.48. The van der Waals surface area contributed by atoms with Crippen LogP contribution in [0.2, 0.25) is 0 Å². The summed E-state index contributed by atoms with van der Waals surface area (Å²) in [7, 11) is 0. The minimum Gasteiger partial charge on any atom is -0.457 e. The second-order valence-electron chi connectivity index (χ2n) is 6.46. The molecule has 0 spiro atoms. The zero-order valence-corrected chi connectivity index (χ0v) is 16.9. The van der Waals surface area contributed by atoms with E-state index >= 15 is 0 Å². The highest BCUT2D eigenvalue weighted by Gasteiger charge is 2.24. The Kier molecular flexibility index (Phi) is 5.94. The standard InChI is InChI=1S/C22H17N3O3.C2H6.H2/c1-2-4-17(5-3-1)26-18-8-6-15(7-9-18)20-13-21(25-28-20)27-19-12-16-10-11-23-22(16)24-14-19;1-2;/h1-12,14,20H,13H2,(H,23,24);1-2H3;1H/t20-;;/m1../s1. The highest BCUT2D eigenvalue weighted by atomic mass is 16.7. The van der Waals surface area contributed by atoms with E-state index in [4.69, 9.17) is 14.3 Å². The lowest BCUT2D eigenvalue weighted by molar-refractivity contribution is 0.0855. The number of H-pyrrole nitrogens is 1. The monoisotopic (exact) mass is 403 g/mol. The Morgan fingerprint density at radius 3 is 2.50 bits per heavy atom. The topological polar surface area (TPSA) is 68.7 Å². The van der Waals surface area contributed by atoms with E-state index in [1.807, 2.05) is 86.8 Å². The van der Waals surface area contributed by atoms with Gasteiger partial charge >= 0.3 is 0 Å². The molecular formula is C24H25N3O3. The van der Waals surface area contributed by atoms with E-state index in [1.165, 1.54) is 0 Å². The first-order valence-electron chi connectivity index (χ1n) is 10.00. The number of nitrogens with one attached hydrogen (secondary N) is 1. The maximum Gasteiger partial charge on any atom is 0.235 e. The Morgan fingerprint density at radius 1 is 0.933 bits per heavy atom. The number of aromatic nitrogens is 2. The lowest BCUT2D eigenvalue weighted by Gasteiger charge is -2.10. The molecular weight excluding hydrogens is 378 g/mol. The maximum absolute atomic E-state index is 5.83. The number of pyridine rings is 1. The fourth-order valence-corrected chi connectivity index (χ4v) is 3.08. The summed E-state index contributed by atoms with van der Waals surface area (Å²) in [6, 6.07) is 21.4. The van der Waals surface area contributed by atoms with Crippen LogP contribution in [0, 0.1) is 0 Å². The van der Waals surface area contributed by atoms with Gasteiger partial charge in [-0.1, -0.05) is 49.3 Å². The van der Waals surface area contributed by atoms with Crippen molar-refractivity contribution < 1.29 is 15.7 Å². The SMILES string of the molecule is CC.[HH].c1ccc(Oc2ccc([C@H]3CC(Oc4cnc5[nH]ccc5c4)=NO3)cc2)cc1. The van der Waals surface area contributed by atoms with Crippen LogP contribution in [0.1, 0.15) is 33.4 Å². The molecule has 0 saturated heterocycles. The lowest BCUT2D eigenvalue weighted by atomic mass is 10.1. The second-order valence-corrected chi connectivity index (χ2v) is 6.46. The first-order valence-corrected chi connectivity index (χ1v) is 10.00. The Balaban J connectivity index is 0.000000883. The number of benzene rings is 2. The summed E-state index contributed by atoms with van der Waals surface area (Å²) in [4.78, 5) is 12.9. The van der Waals surface area contributed by atoms with Crippen molar-refractivity contribution in [2.75, 3.05) is 0 Å². The third-order valence-electron chi connectivity index (χ3n) is 4.48. The molecule has 0 bridgehead atoms. The molecule has 0 saturated carbocycles. The molecule has 3 heterocycles. The molecule has 1 aliphatic rings. The predicted molar refractivity (Wildman–Crippen MR) is 119 cm³/mol. The molecule has 2 aromatic carbocycles. The Labute approximate surface area is 176 Å². The molecule has 0 amide bonds. The number of rotatable bonds is 4. The van der Waals surface area contributed by atoms with E-state index in [-0.39, 0.29) is 7.53 Å². The Hall–Kier alpha value is -3.80. The van der Waals surface area contributed by atoms with Crippen LogP contribution in [0.25, 0.3) is 11.0 Å². The van der Waals surface area contributed by atoms with E-state index in [0.717, 1.165) is 28.1 Å². The summed E-state index contributed by atoms with van der Waals surface area (Å²) in [6.45, 7) is 4.00. The average Bonchev–Trinajstić information content (AvgIpc) is 3.46. The van der Waals surface area contributed by atoms with Crippen LogP contribution in [-0.2, 0) is 4.84 Å². The summed E-state index contributed by atoms with van der Waals surface area (Å²) in [5.41, 5.74) is 1.84. The van der Waals surface area contributed by atoms with E-state index in [1.54, 1.807) is 6.20 Å². The van der Waals surface area contributed by atoms with E-state index in [2.05, 4.69) is 15.1 Å². The molecule has 1 N–H and O–H groups in total. The smallest absolute Gasteiger partial charge is 0.235 e. The Morgan fingerprint density at radius 2 is 1.70 bits per heavy atom. The van der Waals surface area contributed by atoms with Gasteiger partial charge in [0, 0.05) is 13.0 Å². The van der Waals surface area contributed by atoms with Gasteiger partial charge in [-0.3, -0.25) is 0 Å². The van der Waals surface area contributed by atoms with Gasteiger partial charge in [-0.05, 0) is 42.0 Å². The van der Waals surface area contributed by atoms with Gasteiger partial charge in [0.05, 0.1) is 12.6 Å². The summed E-state index contributed by atoms with van der Waals surface area (Å²) in [5.74, 6) is 2.75. The van der Waals surface area contributed by atoms with Crippen LogP contribution >= 0.6 is 0 Å². The normalized spacial score (nSPS) is 15.0. The maximum atomic E-state index is 5.83. The fourth-order valence-electron chi connectivity index (χ4n) is 3.08. The largest absolute Gasteiger partial charge is 0.457 e. The molecule has 2 aromatic heterocycles. The molecule has 6 nitrogen and oxygen atoms in total. The molecule has 1 atom stereocenters. The zero-order valence-electron chi connectivity index (χ0n) is 16.9. The van der Waals surface area contributed by atoms with E-state index in [9.17, 15) is 0 Å². The summed E-state index contributed by atoms with van der Waals surface area (Å²) < 4.78 is 11.7. The number of para-hydroxylation sites is 1. The highest BCUT2D eigenvalue weighted by Crippen LogP contribution is 2.30. The van der Waals surface area contributed by atoms with Crippen molar-refractivity contribution in [2.24, 2.45) is 5.16 Å². The van der Waals surface area contributed by atoms with Gasteiger partial charge < -0.3 is 19.3 Å². The molecule has 0 radical (unpaired) electrons. The first kappa shape index (κ1) is 19.5. The predicted octanol–water partition coefficient (Wildman–Crippen LogP) is 6.48. The van der Waals surface area contributed by atoms with Crippen molar-refractivity contribution in [1.29, 1.82) is 0 Å². The van der Waals surface area contributed by atoms with Crippen molar-refractivity contribution in [3.8, 4) is 17.2 Å². The van der Waals surface area contributed by atoms with Crippen LogP contribution < -0.4 is 9.47 Å². The molecule has 6 heteroatoms. The number of hydrogen-bond donors (Lipinski definition) is 1. The number of nitrogens with zero attached hydrogens (tertiary/aromatic N) is 2. The highest BCUT2D eigenvalue weighted by molar-refractivity contribution is 5.82. The molecule has 0 unspecified atom stereocenters. The number of oxime groups is 1. The van der Waals surface area contributed by atoms with Crippen LogP contribution in [0.5, 0.6) is 17.2 Å². The number of ether oxygens (including phenoxy) is 2. The van der Waals surface area contributed by atoms with Gasteiger partial charge in [-0.25, -0.2) is 4.98 Å². The molecule has 0 aliphatic carbocycles. The van der Waals surface area contributed by atoms with Crippen molar-refractivity contribution in [1.82, 2.24) is 9.97 Å². The van der Waals surface area contributed by atoms with Gasteiger partial charge in [0.15, 0.2) is 6.10 Å². The molecule has 154 valence electrons. The van der Waals surface area contributed by atoms with Crippen LogP contribution in [-0.4, -0.2) is 15.9 Å². The lowest BCUT2D eigenvalue weighted by Crippen LogP contribution is -2.07. The average molecular weight is 403 g/mol. The third kappa shape index (κ3) is 4.43. The van der Waals surface area contributed by atoms with Gasteiger partial charge in [-0.2, -0.15) is 0 Å². The fraction of sp³-hybridized carbons (Fsp3) is 0.167. The molecule has 4 aromatic rings. The van der Waals surface area contributed by atoms with Crippen molar-refractivity contribution in [3.63, 3.8) is 0 Å². The minimum absolute atomic E-state index is 0. The zero-order chi connectivity index (χ0) is 20.8. The number of hydrogen-bond acceptors (Lipinski definition) is 5. The molecule has 30 heavy (non-hydrogen) atoms.